The van der Waals surface area contributed by atoms with E-state index in [-0.39, 0.29) is 35.1 Å². The molecular weight excluding hydrogens is 439 g/mol. The van der Waals surface area contributed by atoms with Crippen molar-refractivity contribution in [1.82, 2.24) is 0 Å². The smallest absolute Gasteiger partial charge is 0.178 e. The summed E-state index contributed by atoms with van der Waals surface area (Å²) >= 11 is 0. The molecule has 3 aromatic carbocycles. The van der Waals surface area contributed by atoms with Crippen molar-refractivity contribution in [2.24, 2.45) is 0 Å². The lowest BCUT2D eigenvalue weighted by Gasteiger charge is -2.27. The summed E-state index contributed by atoms with van der Waals surface area (Å²) in [6.45, 7) is 7.09. The highest BCUT2D eigenvalue weighted by molar-refractivity contribution is 7.91. The molecule has 0 N–H and O–H groups in total. The number of rotatable bonds is 9. The Hall–Kier alpha value is -2.99. The van der Waals surface area contributed by atoms with Crippen LogP contribution in [0.4, 0.5) is 4.39 Å². The fourth-order valence-electron chi connectivity index (χ4n) is 3.50. The van der Waals surface area contributed by atoms with Crippen molar-refractivity contribution < 1.29 is 22.3 Å². The number of ether oxygens (including phenoxy) is 1. The Labute approximate surface area is 195 Å². The SMILES string of the molecule is CCS(=O)(=O)c1ccc(CC(=O)Cc2ccc(OC(C)(C)c3ccc(C)c(F)c3)cc2)cc1. The van der Waals surface area contributed by atoms with Crippen molar-refractivity contribution in [2.45, 2.75) is 51.0 Å². The molecule has 0 atom stereocenters. The number of halogens is 1. The van der Waals surface area contributed by atoms with Gasteiger partial charge in [-0.3, -0.25) is 4.79 Å². The van der Waals surface area contributed by atoms with Crippen molar-refractivity contribution in [2.75, 3.05) is 5.75 Å². The Kier molecular flexibility index (Phi) is 7.38. The zero-order valence-electron chi connectivity index (χ0n) is 19.4. The van der Waals surface area contributed by atoms with Gasteiger partial charge in [-0.05, 0) is 73.4 Å². The molecule has 6 heteroatoms. The predicted molar refractivity (Wildman–Crippen MR) is 128 cm³/mol. The Morgan fingerprint density at radius 1 is 0.909 bits per heavy atom. The Morgan fingerprint density at radius 3 is 1.97 bits per heavy atom. The number of hydrogen-bond acceptors (Lipinski definition) is 4. The summed E-state index contributed by atoms with van der Waals surface area (Å²) in [4.78, 5) is 12.8. The largest absolute Gasteiger partial charge is 0.483 e. The summed E-state index contributed by atoms with van der Waals surface area (Å²) < 4.78 is 43.8. The van der Waals surface area contributed by atoms with Crippen molar-refractivity contribution in [3.63, 3.8) is 0 Å². The number of benzene rings is 3. The van der Waals surface area contributed by atoms with Crippen LogP contribution in [-0.4, -0.2) is 20.0 Å². The molecule has 0 aliphatic carbocycles. The molecule has 0 bridgehead atoms. The third-order valence-corrected chi connectivity index (χ3v) is 7.38. The highest BCUT2D eigenvalue weighted by atomic mass is 32.2. The van der Waals surface area contributed by atoms with E-state index in [0.29, 0.717) is 11.3 Å². The van der Waals surface area contributed by atoms with Crippen LogP contribution in [0.15, 0.2) is 71.6 Å². The van der Waals surface area contributed by atoms with Crippen LogP contribution in [0.3, 0.4) is 0 Å². The fourth-order valence-corrected chi connectivity index (χ4v) is 4.38. The molecule has 0 saturated heterocycles. The molecule has 0 spiro atoms. The third kappa shape index (κ3) is 6.29. The number of sulfone groups is 1. The monoisotopic (exact) mass is 468 g/mol. The van der Waals surface area contributed by atoms with Crippen LogP contribution < -0.4 is 4.74 Å². The zero-order chi connectivity index (χ0) is 24.2. The highest BCUT2D eigenvalue weighted by Crippen LogP contribution is 2.29. The Bertz CT molecular complexity index is 1230. The first-order chi connectivity index (χ1) is 15.5. The second-order valence-corrected chi connectivity index (χ2v) is 10.9. The molecule has 0 unspecified atom stereocenters. The van der Waals surface area contributed by atoms with Gasteiger partial charge in [-0.15, -0.1) is 0 Å². The number of Topliss-reactive ketones (excluding diaryl/α,β-unsaturated/α-hetero) is 1. The lowest BCUT2D eigenvalue weighted by atomic mass is 9.96. The second-order valence-electron chi connectivity index (χ2n) is 8.66. The quantitative estimate of drug-likeness (QED) is 0.410. The molecular formula is C27H29FO4S. The maximum atomic E-state index is 14.0. The first-order valence-electron chi connectivity index (χ1n) is 10.9. The number of carbonyl (C=O) groups excluding carboxylic acids is 1. The molecule has 0 radical (unpaired) electrons. The van der Waals surface area contributed by atoms with Crippen molar-refractivity contribution >= 4 is 15.6 Å². The molecule has 3 rings (SSSR count). The first-order valence-corrected chi connectivity index (χ1v) is 12.5. The molecule has 0 aliphatic rings. The van der Waals surface area contributed by atoms with Gasteiger partial charge in [0.15, 0.2) is 9.84 Å². The van der Waals surface area contributed by atoms with E-state index < -0.39 is 15.4 Å². The molecule has 0 saturated carbocycles. The van der Waals surface area contributed by atoms with Crippen molar-refractivity contribution in [3.05, 3.63) is 94.8 Å². The van der Waals surface area contributed by atoms with Crippen LogP contribution in [0.25, 0.3) is 0 Å². The maximum absolute atomic E-state index is 14.0. The van der Waals surface area contributed by atoms with Gasteiger partial charge in [-0.2, -0.15) is 0 Å². The van der Waals surface area contributed by atoms with Gasteiger partial charge in [0, 0.05) is 12.8 Å². The average molecular weight is 469 g/mol. The first kappa shape index (κ1) is 24.6. The number of carbonyl (C=O) groups is 1. The summed E-state index contributed by atoms with van der Waals surface area (Å²) in [5.74, 6) is 0.444. The minimum absolute atomic E-state index is 0.0326. The zero-order valence-corrected chi connectivity index (χ0v) is 20.2. The molecule has 174 valence electrons. The van der Waals surface area contributed by atoms with E-state index in [9.17, 15) is 17.6 Å². The molecule has 0 heterocycles. The topological polar surface area (TPSA) is 60.4 Å². The Balaban J connectivity index is 1.61. The van der Waals surface area contributed by atoms with Gasteiger partial charge in [0.1, 0.15) is 23.0 Å². The lowest BCUT2D eigenvalue weighted by Crippen LogP contribution is -2.25. The number of aryl methyl sites for hydroxylation is 1. The van der Waals surface area contributed by atoms with E-state index in [0.717, 1.165) is 16.7 Å². The molecule has 33 heavy (non-hydrogen) atoms. The minimum atomic E-state index is -3.25. The van der Waals surface area contributed by atoms with Gasteiger partial charge in [-0.1, -0.05) is 43.3 Å². The van der Waals surface area contributed by atoms with E-state index in [1.165, 1.54) is 6.07 Å². The van der Waals surface area contributed by atoms with Gasteiger partial charge in [0.05, 0.1) is 10.6 Å². The maximum Gasteiger partial charge on any atom is 0.178 e. The molecule has 3 aromatic rings. The van der Waals surface area contributed by atoms with Crippen LogP contribution in [0, 0.1) is 12.7 Å². The summed E-state index contributed by atoms with van der Waals surface area (Å²) in [7, 11) is -3.25. The molecule has 4 nitrogen and oxygen atoms in total. The van der Waals surface area contributed by atoms with E-state index in [2.05, 4.69) is 0 Å². The summed E-state index contributed by atoms with van der Waals surface area (Å²) in [5, 5.41) is 0. The third-order valence-electron chi connectivity index (χ3n) is 5.63. The van der Waals surface area contributed by atoms with Crippen LogP contribution in [0.2, 0.25) is 0 Å². The molecule has 0 aliphatic heterocycles. The van der Waals surface area contributed by atoms with Gasteiger partial charge in [0.25, 0.3) is 0 Å². The molecule has 0 amide bonds. The average Bonchev–Trinajstić information content (AvgIpc) is 2.77. The predicted octanol–water partition coefficient (Wildman–Crippen LogP) is 5.60. The van der Waals surface area contributed by atoms with Crippen LogP contribution in [0.1, 0.15) is 43.0 Å². The second kappa shape index (κ2) is 9.87. The fraction of sp³-hybridized carbons (Fsp3) is 0.296. The summed E-state index contributed by atoms with van der Waals surface area (Å²) in [6, 6.07) is 18.9. The van der Waals surface area contributed by atoms with Crippen molar-refractivity contribution in [3.8, 4) is 5.75 Å². The van der Waals surface area contributed by atoms with Crippen LogP contribution in [-0.2, 0) is 33.1 Å². The van der Waals surface area contributed by atoms with E-state index >= 15 is 0 Å². The highest BCUT2D eigenvalue weighted by Gasteiger charge is 2.23. The minimum Gasteiger partial charge on any atom is -0.483 e. The van der Waals surface area contributed by atoms with E-state index in [1.54, 1.807) is 56.3 Å². The van der Waals surface area contributed by atoms with Gasteiger partial charge in [-0.25, -0.2) is 12.8 Å². The number of hydrogen-bond donors (Lipinski definition) is 0. The normalized spacial score (nSPS) is 11.9. The summed E-state index contributed by atoms with van der Waals surface area (Å²) in [6.07, 6.45) is 0.499. The van der Waals surface area contributed by atoms with Gasteiger partial charge in [0.2, 0.25) is 0 Å². The lowest BCUT2D eigenvalue weighted by molar-refractivity contribution is -0.117. The molecule has 0 aromatic heterocycles. The van der Waals surface area contributed by atoms with E-state index in [1.807, 2.05) is 32.0 Å². The number of ketones is 1. The Morgan fingerprint density at radius 2 is 1.45 bits per heavy atom. The summed E-state index contributed by atoms with van der Waals surface area (Å²) in [5.41, 5.74) is 2.25. The van der Waals surface area contributed by atoms with Crippen LogP contribution in [0.5, 0.6) is 5.75 Å². The molecule has 0 fully saturated rings. The van der Waals surface area contributed by atoms with Gasteiger partial charge < -0.3 is 4.74 Å². The van der Waals surface area contributed by atoms with Crippen LogP contribution >= 0.6 is 0 Å². The van der Waals surface area contributed by atoms with Gasteiger partial charge >= 0.3 is 0 Å². The van der Waals surface area contributed by atoms with E-state index in [4.69, 9.17) is 4.74 Å². The standard InChI is InChI=1S/C27H29FO4S/c1-5-33(30,31)25-14-9-21(10-15-25)17-23(29)16-20-7-12-24(13-8-20)32-27(3,4)22-11-6-19(2)26(28)18-22/h6-15,18H,5,16-17H2,1-4H3. The van der Waals surface area contributed by atoms with Crippen molar-refractivity contribution in [1.29, 1.82) is 0 Å².